The molecule has 0 aliphatic carbocycles. The molecule has 0 heterocycles. The number of nitrogens with two attached hydrogens (primary N) is 1. The van der Waals surface area contributed by atoms with Crippen molar-refractivity contribution < 1.29 is 18.4 Å². The van der Waals surface area contributed by atoms with E-state index in [9.17, 15) is 13.2 Å². The Bertz CT molecular complexity index is 491. The van der Waals surface area contributed by atoms with Gasteiger partial charge in [-0.3, -0.25) is 0 Å². The highest BCUT2D eigenvalue weighted by atomic mass is 79.9. The lowest BCUT2D eigenvalue weighted by molar-refractivity contribution is -0.137. The van der Waals surface area contributed by atoms with Crippen LogP contribution >= 0.6 is 15.9 Å². The monoisotopic (exact) mass is 353 g/mol. The van der Waals surface area contributed by atoms with E-state index in [1.54, 1.807) is 0 Å². The third-order valence-electron chi connectivity index (χ3n) is 2.73. The summed E-state index contributed by atoms with van der Waals surface area (Å²) < 4.78 is 38.5. The van der Waals surface area contributed by atoms with Crippen molar-refractivity contribution in [3.63, 3.8) is 0 Å². The second-order valence-corrected chi connectivity index (χ2v) is 5.09. The van der Waals surface area contributed by atoms with Gasteiger partial charge in [0.1, 0.15) is 5.84 Å². The third kappa shape index (κ3) is 4.59. The molecule has 1 atom stereocenters. The molecule has 0 aliphatic heterocycles. The molecule has 0 spiro atoms. The van der Waals surface area contributed by atoms with Gasteiger partial charge in [-0.1, -0.05) is 12.1 Å². The maximum Gasteiger partial charge on any atom is 0.416 e. The van der Waals surface area contributed by atoms with Gasteiger partial charge in [0, 0.05) is 22.6 Å². The molecule has 1 unspecified atom stereocenters. The second kappa shape index (κ2) is 6.83. The number of nitrogens with one attached hydrogen (secondary N) is 1. The molecule has 4 nitrogen and oxygen atoms in total. The molecule has 0 radical (unpaired) electrons. The summed E-state index contributed by atoms with van der Waals surface area (Å²) in [4.78, 5) is 0. The lowest BCUT2D eigenvalue weighted by Gasteiger charge is -2.19. The number of halogens is 4. The molecule has 0 amide bonds. The lowest BCUT2D eigenvalue weighted by atomic mass is 10.1. The Morgan fingerprint density at radius 3 is 2.65 bits per heavy atom. The van der Waals surface area contributed by atoms with E-state index in [2.05, 4.69) is 26.4 Å². The van der Waals surface area contributed by atoms with Gasteiger partial charge in [-0.05, 0) is 40.5 Å². The van der Waals surface area contributed by atoms with Crippen molar-refractivity contribution in [1.82, 2.24) is 0 Å². The maximum absolute atomic E-state index is 12.7. The van der Waals surface area contributed by atoms with Gasteiger partial charge in [0.05, 0.1) is 5.56 Å². The van der Waals surface area contributed by atoms with E-state index in [-0.39, 0.29) is 18.3 Å². The maximum atomic E-state index is 12.7. The van der Waals surface area contributed by atoms with Gasteiger partial charge in [0.25, 0.3) is 0 Å². The molecule has 8 heteroatoms. The number of rotatable bonds is 5. The van der Waals surface area contributed by atoms with Crippen LogP contribution in [-0.4, -0.2) is 17.1 Å². The highest BCUT2D eigenvalue weighted by molar-refractivity contribution is 9.10. The Morgan fingerprint density at radius 2 is 2.15 bits per heavy atom. The Balaban J connectivity index is 2.95. The predicted octanol–water partition coefficient (Wildman–Crippen LogP) is 3.79. The summed E-state index contributed by atoms with van der Waals surface area (Å²) in [6, 6.07) is 3.13. The molecule has 0 saturated carbocycles. The van der Waals surface area contributed by atoms with Crippen LogP contribution in [0.3, 0.4) is 0 Å². The number of nitrogens with zero attached hydrogens (tertiary/aromatic N) is 1. The Hall–Kier alpha value is -1.44. The van der Waals surface area contributed by atoms with Crippen molar-refractivity contribution in [2.45, 2.75) is 32.0 Å². The van der Waals surface area contributed by atoms with Crippen molar-refractivity contribution in [3.8, 4) is 0 Å². The second-order valence-electron chi connectivity index (χ2n) is 4.24. The SMILES string of the molecule is CCC(C/C(N)=N/O)Nc1cc(C(F)(F)F)ccc1Br. The van der Waals surface area contributed by atoms with Crippen molar-refractivity contribution >= 4 is 27.5 Å². The van der Waals surface area contributed by atoms with E-state index in [1.165, 1.54) is 6.07 Å². The van der Waals surface area contributed by atoms with Crippen LogP contribution in [-0.2, 0) is 6.18 Å². The number of benzene rings is 1. The third-order valence-corrected chi connectivity index (χ3v) is 3.42. The first-order valence-corrected chi connectivity index (χ1v) is 6.67. The van der Waals surface area contributed by atoms with Gasteiger partial charge < -0.3 is 16.3 Å². The van der Waals surface area contributed by atoms with E-state index in [4.69, 9.17) is 10.9 Å². The van der Waals surface area contributed by atoms with Crippen LogP contribution in [0.5, 0.6) is 0 Å². The predicted molar refractivity (Wildman–Crippen MR) is 74.9 cm³/mol. The van der Waals surface area contributed by atoms with Crippen molar-refractivity contribution in [3.05, 3.63) is 28.2 Å². The fourth-order valence-corrected chi connectivity index (χ4v) is 1.98. The van der Waals surface area contributed by atoms with Crippen LogP contribution in [0.15, 0.2) is 27.8 Å². The van der Waals surface area contributed by atoms with E-state index in [0.29, 0.717) is 16.6 Å². The minimum absolute atomic E-state index is 0.0208. The largest absolute Gasteiger partial charge is 0.416 e. The summed E-state index contributed by atoms with van der Waals surface area (Å²) in [7, 11) is 0. The number of oxime groups is 1. The molecule has 112 valence electrons. The molecule has 0 aromatic heterocycles. The molecule has 4 N–H and O–H groups in total. The number of anilines is 1. The summed E-state index contributed by atoms with van der Waals surface area (Å²) in [6.07, 6.45) is -3.56. The van der Waals surface area contributed by atoms with Gasteiger partial charge in [-0.25, -0.2) is 0 Å². The highest BCUT2D eigenvalue weighted by Crippen LogP contribution is 2.34. The van der Waals surface area contributed by atoms with Gasteiger partial charge >= 0.3 is 6.18 Å². The molecular formula is C12H15BrF3N3O. The van der Waals surface area contributed by atoms with Gasteiger partial charge in [-0.2, -0.15) is 13.2 Å². The minimum Gasteiger partial charge on any atom is -0.409 e. The molecule has 0 fully saturated rings. The zero-order chi connectivity index (χ0) is 15.3. The Morgan fingerprint density at radius 1 is 1.50 bits per heavy atom. The average Bonchev–Trinajstić information content (AvgIpc) is 2.38. The van der Waals surface area contributed by atoms with Crippen LogP contribution < -0.4 is 11.1 Å². The first-order valence-electron chi connectivity index (χ1n) is 5.87. The Labute approximate surface area is 123 Å². The van der Waals surface area contributed by atoms with Crippen LogP contribution in [0.1, 0.15) is 25.3 Å². The fourth-order valence-electron chi connectivity index (χ4n) is 1.62. The van der Waals surface area contributed by atoms with Crippen LogP contribution in [0.25, 0.3) is 0 Å². The molecule has 1 aromatic rings. The number of alkyl halides is 3. The van der Waals surface area contributed by atoms with Crippen LogP contribution in [0, 0.1) is 0 Å². The quantitative estimate of drug-likeness (QED) is 0.326. The van der Waals surface area contributed by atoms with E-state index in [1.807, 2.05) is 6.92 Å². The van der Waals surface area contributed by atoms with Gasteiger partial charge in [0.2, 0.25) is 0 Å². The summed E-state index contributed by atoms with van der Waals surface area (Å²) in [5.74, 6) is 0.0208. The molecular weight excluding hydrogens is 339 g/mol. The van der Waals surface area contributed by atoms with Crippen molar-refractivity contribution in [1.29, 1.82) is 0 Å². The first-order chi connectivity index (χ1) is 9.27. The first kappa shape index (κ1) is 16.6. The summed E-state index contributed by atoms with van der Waals surface area (Å²) in [5, 5.41) is 14.3. The normalized spacial score (nSPS) is 14.2. The molecule has 20 heavy (non-hydrogen) atoms. The van der Waals surface area contributed by atoms with Gasteiger partial charge in [0.15, 0.2) is 0 Å². The van der Waals surface area contributed by atoms with Gasteiger partial charge in [-0.15, -0.1) is 0 Å². The number of amidine groups is 1. The topological polar surface area (TPSA) is 70.6 Å². The zero-order valence-corrected chi connectivity index (χ0v) is 12.3. The minimum atomic E-state index is -4.40. The van der Waals surface area contributed by atoms with E-state index < -0.39 is 11.7 Å². The molecule has 0 saturated heterocycles. The Kier molecular flexibility index (Phi) is 5.67. The zero-order valence-electron chi connectivity index (χ0n) is 10.7. The molecule has 1 aromatic carbocycles. The van der Waals surface area contributed by atoms with E-state index >= 15 is 0 Å². The average molecular weight is 354 g/mol. The standard InChI is InChI=1S/C12H15BrF3N3O/c1-2-8(6-11(17)19-20)18-10-5-7(12(14,15)16)3-4-9(10)13/h3-5,8,18,20H,2,6H2,1H3,(H2,17,19). The lowest BCUT2D eigenvalue weighted by Crippen LogP contribution is -2.26. The summed E-state index contributed by atoms with van der Waals surface area (Å²) in [6.45, 7) is 1.85. The van der Waals surface area contributed by atoms with Crippen LogP contribution in [0.4, 0.5) is 18.9 Å². The van der Waals surface area contributed by atoms with E-state index in [0.717, 1.165) is 12.1 Å². The number of hydrogen-bond acceptors (Lipinski definition) is 3. The highest BCUT2D eigenvalue weighted by Gasteiger charge is 2.31. The summed E-state index contributed by atoms with van der Waals surface area (Å²) in [5.41, 5.74) is 4.99. The summed E-state index contributed by atoms with van der Waals surface area (Å²) >= 11 is 3.20. The molecule has 1 rings (SSSR count). The van der Waals surface area contributed by atoms with Crippen molar-refractivity contribution in [2.75, 3.05) is 5.32 Å². The van der Waals surface area contributed by atoms with Crippen molar-refractivity contribution in [2.24, 2.45) is 10.9 Å². The van der Waals surface area contributed by atoms with Crippen LogP contribution in [0.2, 0.25) is 0 Å². The molecule has 0 aliphatic rings. The fraction of sp³-hybridized carbons (Fsp3) is 0.417. The smallest absolute Gasteiger partial charge is 0.409 e. The number of hydrogen-bond donors (Lipinski definition) is 3. The molecule has 0 bridgehead atoms.